The number of aromatic nitrogens is 2. The van der Waals surface area contributed by atoms with E-state index < -0.39 is 6.04 Å². The van der Waals surface area contributed by atoms with Gasteiger partial charge < -0.3 is 9.88 Å². The second kappa shape index (κ2) is 9.79. The van der Waals surface area contributed by atoms with Crippen LogP contribution in [0.1, 0.15) is 50.3 Å². The standard InChI is InChI=1S/C24H26ClN3O2S/c1-16-13-18(19-9-5-6-10-20(19)25)15-22(29)28(16)21(14-17-7-3-2-4-8-17)23(30)27-24-26-11-12-31-24/h5-6,9-13,15,17,21H,2-4,7-8,14H2,1H3,(H,26,27,30)/t21-/m0/s1. The highest BCUT2D eigenvalue weighted by molar-refractivity contribution is 7.13. The van der Waals surface area contributed by atoms with E-state index in [4.69, 9.17) is 11.6 Å². The molecule has 1 aliphatic rings. The largest absolute Gasteiger partial charge is 0.300 e. The third-order valence-corrected chi connectivity index (χ3v) is 7.02. The molecule has 1 saturated carbocycles. The molecule has 2 aromatic heterocycles. The predicted octanol–water partition coefficient (Wildman–Crippen LogP) is 6.08. The first kappa shape index (κ1) is 21.8. The lowest BCUT2D eigenvalue weighted by Crippen LogP contribution is -2.36. The Hall–Kier alpha value is -2.44. The van der Waals surface area contributed by atoms with E-state index in [1.807, 2.05) is 42.6 Å². The highest BCUT2D eigenvalue weighted by Crippen LogP contribution is 2.33. The van der Waals surface area contributed by atoms with Gasteiger partial charge in [0.25, 0.3) is 5.56 Å². The van der Waals surface area contributed by atoms with E-state index in [1.165, 1.54) is 30.6 Å². The molecule has 162 valence electrons. The monoisotopic (exact) mass is 455 g/mol. The zero-order chi connectivity index (χ0) is 21.8. The second-order valence-electron chi connectivity index (χ2n) is 8.16. The van der Waals surface area contributed by atoms with E-state index in [9.17, 15) is 9.59 Å². The number of amides is 1. The number of nitrogens with one attached hydrogen (secondary N) is 1. The molecule has 1 N–H and O–H groups in total. The zero-order valence-electron chi connectivity index (χ0n) is 17.5. The number of rotatable bonds is 6. The molecule has 1 aromatic carbocycles. The Balaban J connectivity index is 1.70. The van der Waals surface area contributed by atoms with Crippen LogP contribution in [0.4, 0.5) is 5.13 Å². The van der Waals surface area contributed by atoms with E-state index in [1.54, 1.807) is 16.8 Å². The molecule has 0 bridgehead atoms. The summed E-state index contributed by atoms with van der Waals surface area (Å²) >= 11 is 7.72. The summed E-state index contributed by atoms with van der Waals surface area (Å²) in [4.78, 5) is 30.7. The Morgan fingerprint density at radius 1 is 1.26 bits per heavy atom. The van der Waals surface area contributed by atoms with E-state index >= 15 is 0 Å². The van der Waals surface area contributed by atoms with Gasteiger partial charge >= 0.3 is 0 Å². The lowest BCUT2D eigenvalue weighted by atomic mass is 9.84. The Labute approximate surface area is 191 Å². The van der Waals surface area contributed by atoms with Crippen LogP contribution >= 0.6 is 22.9 Å². The summed E-state index contributed by atoms with van der Waals surface area (Å²) < 4.78 is 1.64. The Morgan fingerprint density at radius 2 is 2.03 bits per heavy atom. The molecular weight excluding hydrogens is 430 g/mol. The van der Waals surface area contributed by atoms with Gasteiger partial charge in [0, 0.05) is 33.9 Å². The van der Waals surface area contributed by atoms with Gasteiger partial charge in [-0.25, -0.2) is 4.98 Å². The number of hydrogen-bond donors (Lipinski definition) is 1. The molecule has 0 unspecified atom stereocenters. The lowest BCUT2D eigenvalue weighted by Gasteiger charge is -2.28. The van der Waals surface area contributed by atoms with Crippen molar-refractivity contribution in [3.63, 3.8) is 0 Å². The lowest BCUT2D eigenvalue weighted by molar-refractivity contribution is -0.120. The summed E-state index contributed by atoms with van der Waals surface area (Å²) in [6.07, 6.45) is 8.14. The molecule has 7 heteroatoms. The van der Waals surface area contributed by atoms with Crippen LogP contribution in [-0.2, 0) is 4.79 Å². The van der Waals surface area contributed by atoms with Crippen LogP contribution in [0.2, 0.25) is 5.02 Å². The van der Waals surface area contributed by atoms with E-state index in [0.29, 0.717) is 22.5 Å². The smallest absolute Gasteiger partial charge is 0.252 e. The molecule has 2 heterocycles. The number of benzene rings is 1. The molecule has 4 rings (SSSR count). The molecule has 0 radical (unpaired) electrons. The minimum Gasteiger partial charge on any atom is -0.300 e. The summed E-state index contributed by atoms with van der Waals surface area (Å²) in [5.74, 6) is 0.256. The van der Waals surface area contributed by atoms with Crippen molar-refractivity contribution in [2.45, 2.75) is 51.5 Å². The number of pyridine rings is 1. The summed E-state index contributed by atoms with van der Waals surface area (Å²) in [6.45, 7) is 1.88. The van der Waals surface area contributed by atoms with Crippen LogP contribution in [0.3, 0.4) is 0 Å². The van der Waals surface area contributed by atoms with Crippen LogP contribution in [0.25, 0.3) is 11.1 Å². The molecule has 0 saturated heterocycles. The first-order valence-electron chi connectivity index (χ1n) is 10.7. The van der Waals surface area contributed by atoms with Gasteiger partial charge in [0.05, 0.1) is 0 Å². The molecular formula is C24H26ClN3O2S. The van der Waals surface area contributed by atoms with Crippen LogP contribution in [0.15, 0.2) is 52.8 Å². The molecule has 1 atom stereocenters. The van der Waals surface area contributed by atoms with Gasteiger partial charge in [-0.15, -0.1) is 11.3 Å². The molecule has 0 aliphatic heterocycles. The van der Waals surface area contributed by atoms with Gasteiger partial charge in [0.1, 0.15) is 6.04 Å². The average Bonchev–Trinajstić information content (AvgIpc) is 3.26. The van der Waals surface area contributed by atoms with Crippen molar-refractivity contribution in [1.29, 1.82) is 0 Å². The van der Waals surface area contributed by atoms with Gasteiger partial charge in [0.15, 0.2) is 5.13 Å². The molecule has 5 nitrogen and oxygen atoms in total. The van der Waals surface area contributed by atoms with Crippen molar-refractivity contribution in [1.82, 2.24) is 9.55 Å². The number of anilines is 1. The zero-order valence-corrected chi connectivity index (χ0v) is 19.1. The predicted molar refractivity (Wildman–Crippen MR) is 127 cm³/mol. The minimum absolute atomic E-state index is 0.184. The Bertz CT molecular complexity index is 1100. The third-order valence-electron chi connectivity index (χ3n) is 6.00. The van der Waals surface area contributed by atoms with Gasteiger partial charge in [-0.05, 0) is 37.0 Å². The summed E-state index contributed by atoms with van der Waals surface area (Å²) in [5, 5.41) is 5.88. The topological polar surface area (TPSA) is 64.0 Å². The van der Waals surface area contributed by atoms with Crippen molar-refractivity contribution in [3.05, 3.63) is 69.0 Å². The summed E-state index contributed by atoms with van der Waals surface area (Å²) in [7, 11) is 0. The molecule has 3 aromatic rings. The number of thiazole rings is 1. The summed E-state index contributed by atoms with van der Waals surface area (Å²) in [5.41, 5.74) is 2.14. The molecule has 1 fully saturated rings. The van der Waals surface area contributed by atoms with Crippen LogP contribution in [0.5, 0.6) is 0 Å². The molecule has 31 heavy (non-hydrogen) atoms. The number of carbonyl (C=O) groups is 1. The maximum Gasteiger partial charge on any atom is 0.252 e. The Morgan fingerprint density at radius 3 is 2.71 bits per heavy atom. The fourth-order valence-corrected chi connectivity index (χ4v) is 5.28. The van der Waals surface area contributed by atoms with Crippen LogP contribution < -0.4 is 10.9 Å². The average molecular weight is 456 g/mol. The molecule has 1 amide bonds. The first-order valence-corrected chi connectivity index (χ1v) is 12.0. The first-order chi connectivity index (χ1) is 15.0. The maximum atomic E-state index is 13.3. The number of aryl methyl sites for hydroxylation is 1. The van der Waals surface area contributed by atoms with Crippen molar-refractivity contribution in [3.8, 4) is 11.1 Å². The third kappa shape index (κ3) is 5.08. The van der Waals surface area contributed by atoms with Gasteiger partial charge in [0.2, 0.25) is 5.91 Å². The number of hydrogen-bond acceptors (Lipinski definition) is 4. The normalized spacial score (nSPS) is 15.5. The van der Waals surface area contributed by atoms with E-state index in [0.717, 1.165) is 29.7 Å². The highest BCUT2D eigenvalue weighted by Gasteiger charge is 2.28. The number of halogens is 1. The van der Waals surface area contributed by atoms with Crippen LogP contribution in [0, 0.1) is 12.8 Å². The number of carbonyl (C=O) groups excluding carboxylic acids is 1. The quantitative estimate of drug-likeness (QED) is 0.489. The van der Waals surface area contributed by atoms with Crippen molar-refractivity contribution in [2.24, 2.45) is 5.92 Å². The maximum absolute atomic E-state index is 13.3. The van der Waals surface area contributed by atoms with Crippen LogP contribution in [-0.4, -0.2) is 15.5 Å². The van der Waals surface area contributed by atoms with E-state index in [2.05, 4.69) is 10.3 Å². The summed E-state index contributed by atoms with van der Waals surface area (Å²) in [6, 6.07) is 10.4. The van der Waals surface area contributed by atoms with E-state index in [-0.39, 0.29) is 11.5 Å². The molecule has 0 spiro atoms. The Kier molecular flexibility index (Phi) is 6.88. The molecule has 1 aliphatic carbocycles. The van der Waals surface area contributed by atoms with Gasteiger partial charge in [-0.3, -0.25) is 9.59 Å². The fourth-order valence-electron chi connectivity index (χ4n) is 4.51. The van der Waals surface area contributed by atoms with Gasteiger partial charge in [-0.2, -0.15) is 0 Å². The SMILES string of the molecule is Cc1cc(-c2ccccc2Cl)cc(=O)n1[C@@H](CC1CCCCC1)C(=O)Nc1nccs1. The fraction of sp³-hybridized carbons (Fsp3) is 0.375. The highest BCUT2D eigenvalue weighted by atomic mass is 35.5. The second-order valence-corrected chi connectivity index (χ2v) is 9.46. The number of nitrogens with zero attached hydrogens (tertiary/aromatic N) is 2. The van der Waals surface area contributed by atoms with Crippen molar-refractivity contribution >= 4 is 34.0 Å². The van der Waals surface area contributed by atoms with Crippen molar-refractivity contribution < 1.29 is 4.79 Å². The van der Waals surface area contributed by atoms with Crippen molar-refractivity contribution in [2.75, 3.05) is 5.32 Å². The van der Waals surface area contributed by atoms with Gasteiger partial charge in [-0.1, -0.05) is 61.9 Å². The minimum atomic E-state index is -0.570.